The van der Waals surface area contributed by atoms with Crippen molar-refractivity contribution in [1.29, 1.82) is 0 Å². The Morgan fingerprint density at radius 2 is 1.26 bits per heavy atom. The Morgan fingerprint density at radius 1 is 0.548 bits per heavy atom. The Labute approximate surface area is 260 Å². The van der Waals surface area contributed by atoms with Crippen LogP contribution in [0.25, 0.3) is 66.3 Å². The van der Waals surface area contributed by atoms with Crippen molar-refractivity contribution in [2.45, 2.75) is 19.3 Å². The largest absolute Gasteiger partial charge is 0.296 e. The normalized spacial score (nSPS) is 13.0. The minimum Gasteiger partial charge on any atom is -0.296 e. The second-order valence-corrected chi connectivity index (χ2v) is 11.6. The van der Waals surface area contributed by atoms with E-state index < -0.39 is 0 Å². The van der Waals surface area contributed by atoms with Crippen LogP contribution in [0.3, 0.4) is 0 Å². The summed E-state index contributed by atoms with van der Waals surface area (Å²) in [6, 6.07) is 51.6. The van der Waals surface area contributed by atoms with Crippen LogP contribution >= 0.6 is 0 Å². The quantitative estimate of drug-likeness (QED) is 0.166. The topological polar surface area (TPSA) is 12.9 Å². The molecule has 1 aliphatic rings. The van der Waals surface area contributed by atoms with Gasteiger partial charge in [-0.15, -0.1) is 29.3 Å². The van der Waals surface area contributed by atoms with Gasteiger partial charge in [-0.3, -0.25) is 4.98 Å². The van der Waals surface area contributed by atoms with Crippen LogP contribution in [0.4, 0.5) is 0 Å². The van der Waals surface area contributed by atoms with Crippen LogP contribution < -0.4 is 0 Å². The van der Waals surface area contributed by atoms with Crippen molar-refractivity contribution in [2.24, 2.45) is 0 Å². The van der Waals surface area contributed by atoms with E-state index in [9.17, 15) is 0 Å². The van der Waals surface area contributed by atoms with Gasteiger partial charge >= 0.3 is 0 Å². The van der Waals surface area contributed by atoms with Gasteiger partial charge in [0.2, 0.25) is 0 Å². The number of rotatable bonds is 3. The maximum Gasteiger partial charge on any atom is 0.0602 e. The average molecular weight is 715 g/mol. The van der Waals surface area contributed by atoms with Crippen molar-refractivity contribution in [2.75, 3.05) is 0 Å². The third-order valence-electron chi connectivity index (χ3n) is 8.77. The van der Waals surface area contributed by atoms with Gasteiger partial charge in [0.05, 0.1) is 5.52 Å². The fraction of sp³-hybridized carbons (Fsp3) is 0.0750. The van der Waals surface area contributed by atoms with Crippen molar-refractivity contribution in [3.05, 3.63) is 151 Å². The van der Waals surface area contributed by atoms with Gasteiger partial charge in [-0.05, 0) is 67.9 Å². The molecule has 1 heterocycles. The van der Waals surface area contributed by atoms with E-state index in [2.05, 4.69) is 153 Å². The number of hydrogen-bond donors (Lipinski definition) is 0. The van der Waals surface area contributed by atoms with Gasteiger partial charge in [0, 0.05) is 25.5 Å². The second kappa shape index (κ2) is 10.2. The van der Waals surface area contributed by atoms with Crippen LogP contribution in [-0.2, 0) is 25.5 Å². The number of benzene rings is 6. The summed E-state index contributed by atoms with van der Waals surface area (Å²) in [5.74, 6) is 0. The summed E-state index contributed by atoms with van der Waals surface area (Å²) in [4.78, 5) is 5.21. The van der Waals surface area contributed by atoms with Crippen molar-refractivity contribution >= 4 is 21.7 Å². The molecule has 6 aromatic carbocycles. The van der Waals surface area contributed by atoms with Crippen molar-refractivity contribution in [1.82, 2.24) is 4.98 Å². The molecule has 0 unspecified atom stereocenters. The minimum atomic E-state index is -0.0658. The molecule has 0 atom stereocenters. The molecule has 0 N–H and O–H groups in total. The number of fused-ring (bicyclic) bond motifs is 5. The summed E-state index contributed by atoms with van der Waals surface area (Å²) < 4.78 is 0. The molecule has 42 heavy (non-hydrogen) atoms. The molecule has 0 fully saturated rings. The predicted molar refractivity (Wildman–Crippen MR) is 172 cm³/mol. The van der Waals surface area contributed by atoms with Gasteiger partial charge in [-0.25, -0.2) is 0 Å². The fourth-order valence-corrected chi connectivity index (χ4v) is 6.56. The van der Waals surface area contributed by atoms with Crippen molar-refractivity contribution < 1.29 is 20.1 Å². The van der Waals surface area contributed by atoms with E-state index >= 15 is 0 Å². The van der Waals surface area contributed by atoms with Gasteiger partial charge in [0.15, 0.2) is 0 Å². The van der Waals surface area contributed by atoms with E-state index in [4.69, 9.17) is 4.98 Å². The van der Waals surface area contributed by atoms with Gasteiger partial charge in [-0.1, -0.05) is 128 Å². The first-order chi connectivity index (χ1) is 20.1. The van der Waals surface area contributed by atoms with Crippen molar-refractivity contribution in [3.63, 3.8) is 0 Å². The Kier molecular flexibility index (Phi) is 6.43. The molecule has 2 heteroatoms. The standard InChI is InChI=1S/C40H28N.Ir/c1-40(2)36-15-9-8-14-32(36)33-20-18-31(24-37(33)40)39-25-34(27-11-4-3-5-12-27)35-23-30(19-21-38(35)41-39)29-17-16-26-10-6-7-13-28(26)22-29;/h3-17,19-25H,1-2H3;/q-1;. The molecule has 0 spiro atoms. The first-order valence-corrected chi connectivity index (χ1v) is 14.2. The molecule has 1 nitrogen and oxygen atoms in total. The second-order valence-electron chi connectivity index (χ2n) is 11.6. The van der Waals surface area contributed by atoms with Crippen molar-refractivity contribution in [3.8, 4) is 44.6 Å². The number of aromatic nitrogens is 1. The molecule has 0 saturated heterocycles. The molecule has 1 radical (unpaired) electrons. The van der Waals surface area contributed by atoms with Crippen LogP contribution in [0, 0.1) is 6.07 Å². The summed E-state index contributed by atoms with van der Waals surface area (Å²) in [6.07, 6.45) is 0. The molecule has 0 saturated carbocycles. The maximum atomic E-state index is 5.21. The predicted octanol–water partition coefficient (Wildman–Crippen LogP) is 10.5. The van der Waals surface area contributed by atoms with E-state index in [0.717, 1.165) is 22.2 Å². The first-order valence-electron chi connectivity index (χ1n) is 14.2. The van der Waals surface area contributed by atoms with Gasteiger partial charge in [-0.2, -0.15) is 0 Å². The smallest absolute Gasteiger partial charge is 0.0602 e. The van der Waals surface area contributed by atoms with E-state index in [1.807, 2.05) is 0 Å². The van der Waals surface area contributed by atoms with E-state index in [1.54, 1.807) is 0 Å². The Bertz CT molecular complexity index is 2120. The first kappa shape index (κ1) is 26.5. The summed E-state index contributed by atoms with van der Waals surface area (Å²) in [5, 5.41) is 3.66. The summed E-state index contributed by atoms with van der Waals surface area (Å²) >= 11 is 0. The van der Waals surface area contributed by atoms with Crippen LogP contribution in [0.5, 0.6) is 0 Å². The maximum absolute atomic E-state index is 5.21. The molecule has 1 aliphatic carbocycles. The molecule has 8 rings (SSSR count). The van der Waals surface area contributed by atoms with Crippen LogP contribution in [0.2, 0.25) is 0 Å². The molecule has 7 aromatic rings. The Balaban J connectivity index is 0.00000288. The molecule has 0 amide bonds. The molecule has 0 aliphatic heterocycles. The van der Waals surface area contributed by atoms with Crippen LogP contribution in [-0.4, -0.2) is 4.98 Å². The molecular formula is C40H28IrN-. The third kappa shape index (κ3) is 4.22. The number of pyridine rings is 1. The summed E-state index contributed by atoms with van der Waals surface area (Å²) in [7, 11) is 0. The van der Waals surface area contributed by atoms with Gasteiger partial charge < -0.3 is 0 Å². The third-order valence-corrected chi connectivity index (χ3v) is 8.77. The minimum absolute atomic E-state index is 0. The SMILES string of the molecule is CC1(C)c2ccccc2-c2c[c-]c(-c3cc(-c4ccccc4)c4cc(-c5ccc6ccccc6c5)ccc4n3)cc21.[Ir]. The zero-order valence-electron chi connectivity index (χ0n) is 23.5. The molecule has 0 bridgehead atoms. The average Bonchev–Trinajstić information content (AvgIpc) is 3.26. The van der Waals surface area contributed by atoms with Gasteiger partial charge in [0.1, 0.15) is 0 Å². The fourth-order valence-electron chi connectivity index (χ4n) is 6.56. The van der Waals surface area contributed by atoms with Crippen LogP contribution in [0.15, 0.2) is 133 Å². The molecule has 203 valence electrons. The zero-order chi connectivity index (χ0) is 27.6. The Hall–Kier alpha value is -4.36. The van der Waals surface area contributed by atoms with E-state index in [0.29, 0.717) is 0 Å². The molecule has 1 aromatic heterocycles. The van der Waals surface area contributed by atoms with Gasteiger partial charge in [0.25, 0.3) is 0 Å². The zero-order valence-corrected chi connectivity index (χ0v) is 25.9. The number of nitrogens with zero attached hydrogens (tertiary/aromatic N) is 1. The van der Waals surface area contributed by atoms with E-state index in [1.165, 1.54) is 55.3 Å². The van der Waals surface area contributed by atoms with Crippen LogP contribution in [0.1, 0.15) is 25.0 Å². The summed E-state index contributed by atoms with van der Waals surface area (Å²) in [6.45, 7) is 4.64. The summed E-state index contributed by atoms with van der Waals surface area (Å²) in [5.41, 5.74) is 13.0. The number of hydrogen-bond acceptors (Lipinski definition) is 1. The van der Waals surface area contributed by atoms with E-state index in [-0.39, 0.29) is 25.5 Å². The molecular weight excluding hydrogens is 687 g/mol. The monoisotopic (exact) mass is 715 g/mol. The Morgan fingerprint density at radius 3 is 2.12 bits per heavy atom.